The van der Waals surface area contributed by atoms with Gasteiger partial charge < -0.3 is 0 Å². The van der Waals surface area contributed by atoms with Crippen molar-refractivity contribution in [1.29, 1.82) is 0 Å². The average Bonchev–Trinajstić information content (AvgIpc) is 2.17. The van der Waals surface area contributed by atoms with Crippen molar-refractivity contribution in [1.82, 2.24) is 0 Å². The first-order chi connectivity index (χ1) is 4.46. The van der Waals surface area contributed by atoms with E-state index in [0.29, 0.717) is 5.41 Å². The summed E-state index contributed by atoms with van der Waals surface area (Å²) in [5, 5.41) is 0. The van der Waals surface area contributed by atoms with Gasteiger partial charge in [0.2, 0.25) is 0 Å². The standard InChI is InChI=1S/C10H18/c1-7(2)6-9-8(3)10(9,4)5/h6,8-9H,1-5H3/t8-,9-/m1/s1. The molecule has 0 amide bonds. The fourth-order valence-corrected chi connectivity index (χ4v) is 1.66. The molecule has 1 saturated carbocycles. The fraction of sp³-hybridized carbons (Fsp3) is 0.800. The summed E-state index contributed by atoms with van der Waals surface area (Å²) >= 11 is 0. The Morgan fingerprint density at radius 1 is 1.30 bits per heavy atom. The summed E-state index contributed by atoms with van der Waals surface area (Å²) in [6.45, 7) is 11.4. The van der Waals surface area contributed by atoms with Crippen LogP contribution in [0.25, 0.3) is 0 Å². The molecule has 1 rings (SSSR count). The van der Waals surface area contributed by atoms with Gasteiger partial charge >= 0.3 is 0 Å². The van der Waals surface area contributed by atoms with Crippen molar-refractivity contribution < 1.29 is 0 Å². The number of allylic oxidation sites excluding steroid dienone is 2. The van der Waals surface area contributed by atoms with Gasteiger partial charge in [0.15, 0.2) is 0 Å². The molecule has 1 aliphatic carbocycles. The highest BCUT2D eigenvalue weighted by Gasteiger charge is 2.52. The van der Waals surface area contributed by atoms with Gasteiger partial charge in [-0.1, -0.05) is 32.4 Å². The van der Waals surface area contributed by atoms with Gasteiger partial charge in [-0.05, 0) is 31.1 Å². The van der Waals surface area contributed by atoms with Crippen LogP contribution in [0.1, 0.15) is 34.6 Å². The Kier molecular flexibility index (Phi) is 1.66. The topological polar surface area (TPSA) is 0 Å². The van der Waals surface area contributed by atoms with Crippen molar-refractivity contribution in [2.24, 2.45) is 17.3 Å². The van der Waals surface area contributed by atoms with E-state index in [1.807, 2.05) is 0 Å². The average molecular weight is 138 g/mol. The van der Waals surface area contributed by atoms with E-state index < -0.39 is 0 Å². The van der Waals surface area contributed by atoms with Gasteiger partial charge in [-0.15, -0.1) is 0 Å². The number of rotatable bonds is 1. The van der Waals surface area contributed by atoms with Crippen LogP contribution in [-0.2, 0) is 0 Å². The molecule has 0 radical (unpaired) electrons. The number of hydrogen-bond acceptors (Lipinski definition) is 0. The zero-order valence-corrected chi connectivity index (χ0v) is 7.73. The third-order valence-corrected chi connectivity index (χ3v) is 2.98. The Balaban J connectivity index is 2.58. The highest BCUT2D eigenvalue weighted by molar-refractivity contribution is 5.15. The third kappa shape index (κ3) is 1.12. The Bertz CT molecular complexity index is 159. The molecule has 0 saturated heterocycles. The first-order valence-electron chi connectivity index (χ1n) is 4.11. The molecule has 0 aliphatic heterocycles. The van der Waals surface area contributed by atoms with Crippen LogP contribution in [0.3, 0.4) is 0 Å². The van der Waals surface area contributed by atoms with Gasteiger partial charge in [-0.3, -0.25) is 0 Å². The van der Waals surface area contributed by atoms with E-state index >= 15 is 0 Å². The van der Waals surface area contributed by atoms with E-state index in [1.165, 1.54) is 5.57 Å². The normalized spacial score (nSPS) is 35.3. The van der Waals surface area contributed by atoms with Crippen molar-refractivity contribution in [3.63, 3.8) is 0 Å². The van der Waals surface area contributed by atoms with Crippen molar-refractivity contribution in [3.8, 4) is 0 Å². The highest BCUT2D eigenvalue weighted by Crippen LogP contribution is 2.58. The Labute approximate surface area is 64.3 Å². The third-order valence-electron chi connectivity index (χ3n) is 2.98. The zero-order chi connectivity index (χ0) is 7.94. The van der Waals surface area contributed by atoms with Gasteiger partial charge in [-0.2, -0.15) is 0 Å². The summed E-state index contributed by atoms with van der Waals surface area (Å²) in [7, 11) is 0. The molecule has 0 aromatic rings. The smallest absolute Gasteiger partial charge is 0.0146 e. The van der Waals surface area contributed by atoms with Gasteiger partial charge in [0, 0.05) is 0 Å². The van der Waals surface area contributed by atoms with Crippen LogP contribution >= 0.6 is 0 Å². The SMILES string of the molecule is CC(C)=C[C@@H]1[C@@H](C)C1(C)C. The summed E-state index contributed by atoms with van der Waals surface area (Å²) in [4.78, 5) is 0. The molecule has 0 aromatic carbocycles. The maximum atomic E-state index is 2.41. The van der Waals surface area contributed by atoms with Crippen LogP contribution in [0.2, 0.25) is 0 Å². The summed E-state index contributed by atoms with van der Waals surface area (Å²) in [6, 6.07) is 0. The maximum absolute atomic E-state index is 2.41. The maximum Gasteiger partial charge on any atom is -0.0146 e. The molecule has 0 heteroatoms. The van der Waals surface area contributed by atoms with E-state index in [-0.39, 0.29) is 0 Å². The summed E-state index contributed by atoms with van der Waals surface area (Å²) < 4.78 is 0. The van der Waals surface area contributed by atoms with E-state index in [4.69, 9.17) is 0 Å². The van der Waals surface area contributed by atoms with Crippen LogP contribution < -0.4 is 0 Å². The first kappa shape index (κ1) is 7.84. The minimum Gasteiger partial charge on any atom is -0.0819 e. The Morgan fingerprint density at radius 2 is 1.70 bits per heavy atom. The second-order valence-electron chi connectivity index (χ2n) is 4.38. The van der Waals surface area contributed by atoms with Crippen molar-refractivity contribution in [3.05, 3.63) is 11.6 Å². The van der Waals surface area contributed by atoms with E-state index in [1.54, 1.807) is 0 Å². The number of hydrogen-bond donors (Lipinski definition) is 0. The summed E-state index contributed by atoms with van der Waals surface area (Å²) in [5.41, 5.74) is 2.04. The Hall–Kier alpha value is -0.260. The Morgan fingerprint density at radius 3 is 1.80 bits per heavy atom. The second kappa shape index (κ2) is 2.11. The molecule has 2 atom stereocenters. The molecular formula is C10H18. The lowest BCUT2D eigenvalue weighted by Crippen LogP contribution is -1.87. The van der Waals surface area contributed by atoms with Crippen LogP contribution in [-0.4, -0.2) is 0 Å². The van der Waals surface area contributed by atoms with Gasteiger partial charge in [0.05, 0.1) is 0 Å². The van der Waals surface area contributed by atoms with Crippen LogP contribution in [0, 0.1) is 17.3 Å². The molecule has 0 nitrogen and oxygen atoms in total. The summed E-state index contributed by atoms with van der Waals surface area (Å²) in [6.07, 6.45) is 2.41. The van der Waals surface area contributed by atoms with Crippen molar-refractivity contribution >= 4 is 0 Å². The molecular weight excluding hydrogens is 120 g/mol. The van der Waals surface area contributed by atoms with E-state index in [9.17, 15) is 0 Å². The minimum absolute atomic E-state index is 0.581. The highest BCUT2D eigenvalue weighted by atomic mass is 14.6. The zero-order valence-electron chi connectivity index (χ0n) is 7.73. The molecule has 0 spiro atoms. The molecule has 0 unspecified atom stereocenters. The van der Waals surface area contributed by atoms with Crippen molar-refractivity contribution in [2.75, 3.05) is 0 Å². The van der Waals surface area contributed by atoms with Crippen LogP contribution in [0.4, 0.5) is 0 Å². The van der Waals surface area contributed by atoms with Gasteiger partial charge in [-0.25, -0.2) is 0 Å². The van der Waals surface area contributed by atoms with Crippen LogP contribution in [0.5, 0.6) is 0 Å². The molecule has 1 aliphatic rings. The molecule has 1 fully saturated rings. The predicted molar refractivity (Wildman–Crippen MR) is 45.9 cm³/mol. The van der Waals surface area contributed by atoms with E-state index in [0.717, 1.165) is 11.8 Å². The van der Waals surface area contributed by atoms with Crippen LogP contribution in [0.15, 0.2) is 11.6 Å². The van der Waals surface area contributed by atoms with E-state index in [2.05, 4.69) is 40.7 Å². The molecule has 0 heterocycles. The second-order valence-corrected chi connectivity index (χ2v) is 4.38. The van der Waals surface area contributed by atoms with Gasteiger partial charge in [0.25, 0.3) is 0 Å². The largest absolute Gasteiger partial charge is 0.0819 e. The monoisotopic (exact) mass is 138 g/mol. The molecule has 0 N–H and O–H groups in total. The molecule has 58 valence electrons. The lowest BCUT2D eigenvalue weighted by molar-refractivity contribution is 0.569. The quantitative estimate of drug-likeness (QED) is 0.488. The fourth-order valence-electron chi connectivity index (χ4n) is 1.66. The predicted octanol–water partition coefficient (Wildman–Crippen LogP) is 3.24. The summed E-state index contributed by atoms with van der Waals surface area (Å²) in [5.74, 6) is 1.74. The lowest BCUT2D eigenvalue weighted by Gasteiger charge is -1.96. The lowest BCUT2D eigenvalue weighted by atomic mass is 10.1. The molecule has 0 bridgehead atoms. The van der Waals surface area contributed by atoms with Crippen molar-refractivity contribution in [2.45, 2.75) is 34.6 Å². The van der Waals surface area contributed by atoms with Gasteiger partial charge in [0.1, 0.15) is 0 Å². The molecule has 0 aromatic heterocycles. The minimum atomic E-state index is 0.581. The molecule has 10 heavy (non-hydrogen) atoms. The first-order valence-corrected chi connectivity index (χ1v) is 4.11.